The molecule has 12 heavy (non-hydrogen) atoms. The number of carbonyl (C=O) groups excluding carboxylic acids is 1. The minimum atomic E-state index is -0.407. The van der Waals surface area contributed by atoms with Crippen molar-refractivity contribution in [3.8, 4) is 0 Å². The van der Waals surface area contributed by atoms with Crippen LogP contribution in [0.1, 0.15) is 32.1 Å². The summed E-state index contributed by atoms with van der Waals surface area (Å²) in [5.41, 5.74) is 5.58. The lowest BCUT2D eigenvalue weighted by molar-refractivity contribution is -0.142. The Balaban J connectivity index is 2.08. The third-order valence-electron chi connectivity index (χ3n) is 2.61. The molecular weight excluding hydrogens is 154 g/mol. The molecule has 0 amide bonds. The number of esters is 1. The van der Waals surface area contributed by atoms with E-state index in [1.165, 1.54) is 26.4 Å². The first-order chi connectivity index (χ1) is 5.74. The van der Waals surface area contributed by atoms with Crippen LogP contribution in [0.3, 0.4) is 0 Å². The molecular formula is C9H17NO2. The Bertz CT molecular complexity index is 155. The Labute approximate surface area is 73.3 Å². The summed E-state index contributed by atoms with van der Waals surface area (Å²) in [5.74, 6) is 0.537. The van der Waals surface area contributed by atoms with Crippen molar-refractivity contribution in [1.29, 1.82) is 0 Å². The molecule has 0 radical (unpaired) electrons. The van der Waals surface area contributed by atoms with Crippen molar-refractivity contribution in [2.24, 2.45) is 11.7 Å². The highest BCUT2D eigenvalue weighted by molar-refractivity contribution is 5.75. The average Bonchev–Trinajstić information content (AvgIpc) is 2.00. The second kappa shape index (κ2) is 4.45. The summed E-state index contributed by atoms with van der Waals surface area (Å²) in [4.78, 5) is 10.9. The molecule has 1 unspecified atom stereocenters. The molecule has 1 aliphatic rings. The first-order valence-electron chi connectivity index (χ1n) is 4.57. The topological polar surface area (TPSA) is 52.3 Å². The van der Waals surface area contributed by atoms with Crippen LogP contribution in [0.2, 0.25) is 0 Å². The van der Waals surface area contributed by atoms with Crippen molar-refractivity contribution in [3.63, 3.8) is 0 Å². The predicted octanol–water partition coefficient (Wildman–Crippen LogP) is 1.07. The van der Waals surface area contributed by atoms with Gasteiger partial charge in [-0.3, -0.25) is 4.79 Å². The maximum atomic E-state index is 10.9. The van der Waals surface area contributed by atoms with Gasteiger partial charge in [-0.05, 0) is 18.8 Å². The summed E-state index contributed by atoms with van der Waals surface area (Å²) in [6.45, 7) is 0. The van der Waals surface area contributed by atoms with E-state index in [1.54, 1.807) is 0 Å². The zero-order valence-corrected chi connectivity index (χ0v) is 7.58. The summed E-state index contributed by atoms with van der Waals surface area (Å²) in [6.07, 6.45) is 5.83. The van der Waals surface area contributed by atoms with E-state index in [-0.39, 0.29) is 5.97 Å². The third kappa shape index (κ3) is 2.48. The Morgan fingerprint density at radius 2 is 2.33 bits per heavy atom. The first kappa shape index (κ1) is 9.52. The summed E-state index contributed by atoms with van der Waals surface area (Å²) in [6, 6.07) is -0.407. The molecule has 0 heterocycles. The van der Waals surface area contributed by atoms with Crippen LogP contribution in [0.15, 0.2) is 0 Å². The largest absolute Gasteiger partial charge is 0.468 e. The fourth-order valence-corrected chi connectivity index (χ4v) is 1.47. The Morgan fingerprint density at radius 3 is 2.75 bits per heavy atom. The van der Waals surface area contributed by atoms with Crippen LogP contribution in [-0.2, 0) is 9.53 Å². The molecule has 3 heteroatoms. The molecule has 0 aromatic heterocycles. The van der Waals surface area contributed by atoms with Gasteiger partial charge in [0, 0.05) is 0 Å². The molecule has 1 atom stereocenters. The lowest BCUT2D eigenvalue weighted by Crippen LogP contribution is -2.32. The van der Waals surface area contributed by atoms with Crippen molar-refractivity contribution >= 4 is 5.97 Å². The fraction of sp³-hybridized carbons (Fsp3) is 0.889. The van der Waals surface area contributed by atoms with E-state index < -0.39 is 6.04 Å². The molecule has 0 bridgehead atoms. The number of nitrogens with two attached hydrogens (primary N) is 1. The van der Waals surface area contributed by atoms with Gasteiger partial charge in [-0.1, -0.05) is 19.3 Å². The van der Waals surface area contributed by atoms with Gasteiger partial charge in [0.05, 0.1) is 7.11 Å². The number of methoxy groups -OCH3 is 1. The molecule has 0 aromatic carbocycles. The van der Waals surface area contributed by atoms with E-state index in [2.05, 4.69) is 4.74 Å². The third-order valence-corrected chi connectivity index (χ3v) is 2.61. The maximum Gasteiger partial charge on any atom is 0.322 e. The minimum absolute atomic E-state index is 0.283. The summed E-state index contributed by atoms with van der Waals surface area (Å²) in [7, 11) is 1.38. The van der Waals surface area contributed by atoms with E-state index in [4.69, 9.17) is 5.73 Å². The summed E-state index contributed by atoms with van der Waals surface area (Å²) in [5, 5.41) is 0. The molecule has 0 saturated heterocycles. The van der Waals surface area contributed by atoms with Crippen molar-refractivity contribution in [3.05, 3.63) is 0 Å². The maximum absolute atomic E-state index is 10.9. The van der Waals surface area contributed by atoms with E-state index in [0.717, 1.165) is 18.8 Å². The second-order valence-electron chi connectivity index (χ2n) is 3.50. The number of rotatable bonds is 4. The minimum Gasteiger partial charge on any atom is -0.468 e. The smallest absolute Gasteiger partial charge is 0.322 e. The van der Waals surface area contributed by atoms with Crippen LogP contribution in [-0.4, -0.2) is 19.1 Å². The molecule has 0 aromatic rings. The zero-order valence-electron chi connectivity index (χ0n) is 7.58. The van der Waals surface area contributed by atoms with Crippen LogP contribution >= 0.6 is 0 Å². The van der Waals surface area contributed by atoms with Crippen LogP contribution < -0.4 is 5.73 Å². The highest BCUT2D eigenvalue weighted by Gasteiger charge is 2.20. The van der Waals surface area contributed by atoms with E-state index in [0.29, 0.717) is 0 Å². The lowest BCUT2D eigenvalue weighted by Gasteiger charge is -2.25. The molecule has 1 rings (SSSR count). The second-order valence-corrected chi connectivity index (χ2v) is 3.50. The lowest BCUT2D eigenvalue weighted by atomic mass is 9.81. The molecule has 70 valence electrons. The van der Waals surface area contributed by atoms with Crippen molar-refractivity contribution in [1.82, 2.24) is 0 Å². The van der Waals surface area contributed by atoms with Crippen molar-refractivity contribution in [2.75, 3.05) is 7.11 Å². The monoisotopic (exact) mass is 171 g/mol. The van der Waals surface area contributed by atoms with Gasteiger partial charge in [0.15, 0.2) is 0 Å². The average molecular weight is 171 g/mol. The Kier molecular flexibility index (Phi) is 3.53. The highest BCUT2D eigenvalue weighted by Crippen LogP contribution is 2.30. The van der Waals surface area contributed by atoms with Gasteiger partial charge in [0.2, 0.25) is 0 Å². The standard InChI is InChI=1S/C9H17NO2/c1-12-9(11)8(10)6-5-7-3-2-4-7/h7-8H,2-6,10H2,1H3. The summed E-state index contributed by atoms with van der Waals surface area (Å²) < 4.78 is 4.53. The molecule has 2 N–H and O–H groups in total. The molecule has 0 spiro atoms. The fourth-order valence-electron chi connectivity index (χ4n) is 1.47. The van der Waals surface area contributed by atoms with Crippen LogP contribution in [0.5, 0.6) is 0 Å². The SMILES string of the molecule is COC(=O)C(N)CCC1CCC1. The number of hydrogen-bond donors (Lipinski definition) is 1. The van der Waals surface area contributed by atoms with Gasteiger partial charge in [-0.25, -0.2) is 0 Å². The quantitative estimate of drug-likeness (QED) is 0.644. The van der Waals surface area contributed by atoms with Gasteiger partial charge in [-0.15, -0.1) is 0 Å². The van der Waals surface area contributed by atoms with Gasteiger partial charge in [0.25, 0.3) is 0 Å². The van der Waals surface area contributed by atoms with Gasteiger partial charge >= 0.3 is 5.97 Å². The Hall–Kier alpha value is -0.570. The van der Waals surface area contributed by atoms with E-state index in [1.807, 2.05) is 0 Å². The molecule has 1 fully saturated rings. The molecule has 3 nitrogen and oxygen atoms in total. The number of carbonyl (C=O) groups is 1. The van der Waals surface area contributed by atoms with E-state index in [9.17, 15) is 4.79 Å². The Morgan fingerprint density at radius 1 is 1.67 bits per heavy atom. The molecule has 0 aliphatic heterocycles. The van der Waals surface area contributed by atoms with Gasteiger partial charge in [0.1, 0.15) is 6.04 Å². The number of ether oxygens (including phenoxy) is 1. The van der Waals surface area contributed by atoms with E-state index >= 15 is 0 Å². The van der Waals surface area contributed by atoms with Crippen LogP contribution in [0, 0.1) is 5.92 Å². The summed E-state index contributed by atoms with van der Waals surface area (Å²) >= 11 is 0. The van der Waals surface area contributed by atoms with Gasteiger partial charge in [-0.2, -0.15) is 0 Å². The zero-order chi connectivity index (χ0) is 8.97. The predicted molar refractivity (Wildman–Crippen MR) is 46.6 cm³/mol. The normalized spacial score (nSPS) is 19.8. The van der Waals surface area contributed by atoms with Crippen molar-refractivity contribution in [2.45, 2.75) is 38.1 Å². The molecule has 1 aliphatic carbocycles. The number of hydrogen-bond acceptors (Lipinski definition) is 3. The first-order valence-corrected chi connectivity index (χ1v) is 4.57. The highest BCUT2D eigenvalue weighted by atomic mass is 16.5. The van der Waals surface area contributed by atoms with Crippen molar-refractivity contribution < 1.29 is 9.53 Å². The van der Waals surface area contributed by atoms with Gasteiger partial charge < -0.3 is 10.5 Å². The van der Waals surface area contributed by atoms with Crippen LogP contribution in [0.4, 0.5) is 0 Å². The molecule has 1 saturated carbocycles. The van der Waals surface area contributed by atoms with Crippen LogP contribution in [0.25, 0.3) is 0 Å².